The summed E-state index contributed by atoms with van der Waals surface area (Å²) < 4.78 is 10.6. The molecular weight excluding hydrogens is 376 g/mol. The van der Waals surface area contributed by atoms with Crippen LogP contribution in [-0.2, 0) is 4.74 Å². The largest absolute Gasteiger partial charge is 0.481 e. The predicted octanol–water partition coefficient (Wildman–Crippen LogP) is 4.95. The number of pyridine rings is 1. The minimum absolute atomic E-state index is 0.0618. The van der Waals surface area contributed by atoms with Gasteiger partial charge in [-0.15, -0.1) is 0 Å². The van der Waals surface area contributed by atoms with Gasteiger partial charge in [-0.05, 0) is 40.3 Å². The molecule has 5 heteroatoms. The number of carbonyl (C=O) groups is 1. The smallest absolute Gasteiger partial charge is 0.407 e. The second-order valence-corrected chi connectivity index (χ2v) is 7.19. The van der Waals surface area contributed by atoms with Crippen molar-refractivity contribution in [2.45, 2.75) is 12.8 Å². The van der Waals surface area contributed by atoms with Crippen molar-refractivity contribution in [2.24, 2.45) is 0 Å². The number of nitrogens with zero attached hydrogens (tertiary/aromatic N) is 1. The van der Waals surface area contributed by atoms with Gasteiger partial charge in [0.25, 0.3) is 0 Å². The van der Waals surface area contributed by atoms with E-state index < -0.39 is 6.09 Å². The van der Waals surface area contributed by atoms with Gasteiger partial charge in [0.15, 0.2) is 0 Å². The topological polar surface area (TPSA) is 60.5 Å². The number of fused-ring (bicyclic) bond motifs is 3. The van der Waals surface area contributed by atoms with Crippen LogP contribution in [0.3, 0.4) is 0 Å². The molecule has 5 nitrogen and oxygen atoms in total. The van der Waals surface area contributed by atoms with Crippen LogP contribution in [0.1, 0.15) is 28.2 Å². The summed E-state index contributed by atoms with van der Waals surface area (Å²) in [6, 6.07) is 18.5. The quantitative estimate of drug-likeness (QED) is 0.636. The minimum atomic E-state index is -0.425. The van der Waals surface area contributed by atoms with Crippen LogP contribution in [0, 0.1) is 6.92 Å². The maximum atomic E-state index is 12.2. The van der Waals surface area contributed by atoms with Gasteiger partial charge in [-0.1, -0.05) is 60.7 Å². The number of alkyl carbamates (subject to hydrolysis) is 1. The lowest BCUT2D eigenvalue weighted by atomic mass is 9.98. The first kappa shape index (κ1) is 19.7. The monoisotopic (exact) mass is 400 g/mol. The minimum Gasteiger partial charge on any atom is -0.481 e. The van der Waals surface area contributed by atoms with E-state index in [4.69, 9.17) is 9.47 Å². The molecule has 30 heavy (non-hydrogen) atoms. The van der Waals surface area contributed by atoms with Crippen LogP contribution < -0.4 is 10.1 Å². The highest BCUT2D eigenvalue weighted by atomic mass is 16.5. The number of amides is 1. The summed E-state index contributed by atoms with van der Waals surface area (Å²) in [7, 11) is 1.59. The Morgan fingerprint density at radius 3 is 2.40 bits per heavy atom. The molecule has 0 atom stereocenters. The van der Waals surface area contributed by atoms with Gasteiger partial charge in [0.1, 0.15) is 6.61 Å². The van der Waals surface area contributed by atoms with Crippen LogP contribution in [0.15, 0.2) is 66.9 Å². The van der Waals surface area contributed by atoms with Crippen molar-refractivity contribution in [1.29, 1.82) is 0 Å². The van der Waals surface area contributed by atoms with Crippen LogP contribution in [0.2, 0.25) is 0 Å². The molecule has 2 aromatic carbocycles. The zero-order valence-corrected chi connectivity index (χ0v) is 17.1. The maximum absolute atomic E-state index is 12.2. The highest BCUT2D eigenvalue weighted by Gasteiger charge is 2.28. The molecule has 1 aliphatic carbocycles. The molecule has 1 N–H and O–H groups in total. The van der Waals surface area contributed by atoms with Crippen molar-refractivity contribution in [2.75, 3.05) is 20.3 Å². The summed E-state index contributed by atoms with van der Waals surface area (Å²) in [6.07, 6.45) is 5.12. The van der Waals surface area contributed by atoms with E-state index in [2.05, 4.69) is 34.6 Å². The lowest BCUT2D eigenvalue weighted by Gasteiger charge is -2.14. The van der Waals surface area contributed by atoms with Crippen molar-refractivity contribution in [3.05, 3.63) is 89.1 Å². The SMILES string of the molecule is COc1cc(C)c(C=CCNC(=O)OCC2c3ccccc3-c3ccccc32)cn1. The number of hydrogen-bond donors (Lipinski definition) is 1. The van der Waals surface area contributed by atoms with E-state index in [9.17, 15) is 4.79 Å². The van der Waals surface area contributed by atoms with Crippen LogP contribution in [-0.4, -0.2) is 31.3 Å². The molecule has 152 valence electrons. The van der Waals surface area contributed by atoms with Crippen LogP contribution in [0.25, 0.3) is 17.2 Å². The molecule has 0 spiro atoms. The molecule has 0 radical (unpaired) electrons. The lowest BCUT2D eigenvalue weighted by Crippen LogP contribution is -2.26. The Hall–Kier alpha value is -3.60. The fraction of sp³-hybridized carbons (Fsp3) is 0.200. The molecule has 0 saturated carbocycles. The van der Waals surface area contributed by atoms with Crippen LogP contribution >= 0.6 is 0 Å². The van der Waals surface area contributed by atoms with Gasteiger partial charge in [-0.3, -0.25) is 0 Å². The Morgan fingerprint density at radius 2 is 1.77 bits per heavy atom. The third-order valence-corrected chi connectivity index (χ3v) is 5.34. The van der Waals surface area contributed by atoms with Gasteiger partial charge in [-0.2, -0.15) is 0 Å². The Labute approximate surface area is 176 Å². The first-order chi connectivity index (χ1) is 14.7. The van der Waals surface area contributed by atoms with Crippen molar-refractivity contribution in [3.63, 3.8) is 0 Å². The molecule has 1 aliphatic rings. The van der Waals surface area contributed by atoms with Gasteiger partial charge in [0.05, 0.1) is 7.11 Å². The van der Waals surface area contributed by atoms with Gasteiger partial charge >= 0.3 is 6.09 Å². The molecule has 0 unspecified atom stereocenters. The van der Waals surface area contributed by atoms with E-state index in [1.807, 2.05) is 49.4 Å². The Kier molecular flexibility index (Phi) is 5.80. The summed E-state index contributed by atoms with van der Waals surface area (Å²) in [5.74, 6) is 0.646. The third-order valence-electron chi connectivity index (χ3n) is 5.34. The Bertz CT molecular complexity index is 1050. The van der Waals surface area contributed by atoms with Crippen LogP contribution in [0.5, 0.6) is 5.88 Å². The number of rotatable bonds is 6. The molecule has 4 rings (SSSR count). The van der Waals surface area contributed by atoms with Gasteiger partial charge in [-0.25, -0.2) is 9.78 Å². The molecule has 3 aromatic rings. The number of hydrogen-bond acceptors (Lipinski definition) is 4. The van der Waals surface area contributed by atoms with E-state index in [0.717, 1.165) is 11.1 Å². The highest BCUT2D eigenvalue weighted by molar-refractivity contribution is 5.79. The fourth-order valence-corrected chi connectivity index (χ4v) is 3.80. The number of benzene rings is 2. The zero-order chi connectivity index (χ0) is 20.9. The second-order valence-electron chi connectivity index (χ2n) is 7.19. The van der Waals surface area contributed by atoms with E-state index in [1.165, 1.54) is 22.3 Å². The summed E-state index contributed by atoms with van der Waals surface area (Å²) in [5.41, 5.74) is 6.87. The number of ether oxygens (including phenoxy) is 2. The third kappa shape index (κ3) is 4.06. The maximum Gasteiger partial charge on any atom is 0.407 e. The van der Waals surface area contributed by atoms with E-state index in [0.29, 0.717) is 19.0 Å². The van der Waals surface area contributed by atoms with Crippen LogP contribution in [0.4, 0.5) is 4.79 Å². The number of carbonyl (C=O) groups excluding carboxylic acids is 1. The molecule has 0 aliphatic heterocycles. The van der Waals surface area contributed by atoms with Gasteiger partial charge in [0, 0.05) is 24.7 Å². The first-order valence-corrected chi connectivity index (χ1v) is 9.93. The molecule has 0 saturated heterocycles. The predicted molar refractivity (Wildman–Crippen MR) is 118 cm³/mol. The van der Waals surface area contributed by atoms with Gasteiger partial charge in [0.2, 0.25) is 5.88 Å². The fourth-order valence-electron chi connectivity index (χ4n) is 3.80. The van der Waals surface area contributed by atoms with E-state index >= 15 is 0 Å². The molecule has 1 amide bonds. The molecule has 0 fully saturated rings. The van der Waals surface area contributed by atoms with Crippen molar-refractivity contribution in [1.82, 2.24) is 10.3 Å². The number of methoxy groups -OCH3 is 1. The van der Waals surface area contributed by atoms with Gasteiger partial charge < -0.3 is 14.8 Å². The zero-order valence-electron chi connectivity index (χ0n) is 17.1. The summed E-state index contributed by atoms with van der Waals surface area (Å²) in [4.78, 5) is 16.4. The highest BCUT2D eigenvalue weighted by Crippen LogP contribution is 2.44. The summed E-state index contributed by atoms with van der Waals surface area (Å²) >= 11 is 0. The average molecular weight is 400 g/mol. The van der Waals surface area contributed by atoms with E-state index in [1.54, 1.807) is 13.3 Å². The number of aryl methyl sites for hydroxylation is 1. The number of nitrogens with one attached hydrogen (secondary N) is 1. The van der Waals surface area contributed by atoms with E-state index in [-0.39, 0.29) is 5.92 Å². The summed E-state index contributed by atoms with van der Waals surface area (Å²) in [5, 5.41) is 2.77. The Balaban J connectivity index is 1.32. The number of aromatic nitrogens is 1. The van der Waals surface area contributed by atoms with Crippen molar-refractivity contribution in [3.8, 4) is 17.0 Å². The molecular formula is C25H24N2O3. The Morgan fingerprint density at radius 1 is 1.10 bits per heavy atom. The average Bonchev–Trinajstić information content (AvgIpc) is 3.10. The first-order valence-electron chi connectivity index (χ1n) is 9.93. The normalized spacial score (nSPS) is 12.5. The standard InChI is InChI=1S/C25H24N2O3/c1-17-14-24(29-2)27-15-18(17)8-7-13-26-25(28)30-16-23-21-11-5-3-9-19(21)20-10-4-6-12-22(20)23/h3-12,14-15,23H,13,16H2,1-2H3,(H,26,28). The summed E-state index contributed by atoms with van der Waals surface area (Å²) in [6.45, 7) is 2.68. The molecule has 0 bridgehead atoms. The van der Waals surface area contributed by atoms with Crippen molar-refractivity contribution >= 4 is 12.2 Å². The lowest BCUT2D eigenvalue weighted by molar-refractivity contribution is 0.144. The molecule has 1 heterocycles. The van der Waals surface area contributed by atoms with Crippen molar-refractivity contribution < 1.29 is 14.3 Å². The molecule has 1 aromatic heterocycles. The second kappa shape index (κ2) is 8.82.